The lowest BCUT2D eigenvalue weighted by Gasteiger charge is -2.37. The molecule has 0 aromatic carbocycles. The molecule has 3 nitrogen and oxygen atoms in total. The normalized spacial score (nSPS) is 34.5. The molecule has 1 fully saturated rings. The fraction of sp³-hybridized carbons (Fsp3) is 0.889. The molecule has 76 valence electrons. The van der Waals surface area contributed by atoms with Crippen molar-refractivity contribution in [1.82, 2.24) is 0 Å². The van der Waals surface area contributed by atoms with Crippen LogP contribution in [0.15, 0.2) is 0 Å². The van der Waals surface area contributed by atoms with Crippen molar-refractivity contribution >= 4 is 28.6 Å². The Hall–Kier alpha value is 0.160. The van der Waals surface area contributed by atoms with E-state index in [4.69, 9.17) is 10.8 Å². The highest BCUT2D eigenvalue weighted by Gasteiger charge is 2.36. The van der Waals surface area contributed by atoms with Crippen LogP contribution in [0, 0.1) is 5.41 Å². The average Bonchev–Trinajstić information content (AvgIpc) is 2.03. The predicted molar refractivity (Wildman–Crippen MR) is 60.0 cm³/mol. The minimum absolute atomic E-state index is 0.115. The van der Waals surface area contributed by atoms with E-state index in [1.807, 2.05) is 0 Å². The van der Waals surface area contributed by atoms with E-state index < -0.39 is 5.97 Å². The topological polar surface area (TPSA) is 63.3 Å². The number of rotatable bonds is 3. The summed E-state index contributed by atoms with van der Waals surface area (Å²) in [5.74, 6) is -0.712. The molecule has 1 saturated carbocycles. The Morgan fingerprint density at radius 1 is 1.69 bits per heavy atom. The first kappa shape index (κ1) is 11.2. The second-order valence-corrected chi connectivity index (χ2v) is 5.73. The Bertz CT molecular complexity index is 198. The largest absolute Gasteiger partial charge is 0.481 e. The zero-order valence-corrected chi connectivity index (χ0v) is 9.79. The maximum Gasteiger partial charge on any atom is 0.303 e. The Kier molecular flexibility index (Phi) is 3.97. The first-order valence-corrected chi connectivity index (χ1v) is 5.88. The van der Waals surface area contributed by atoms with Crippen LogP contribution in [-0.4, -0.2) is 21.5 Å². The van der Waals surface area contributed by atoms with Crippen LogP contribution in [-0.2, 0) is 4.79 Å². The third kappa shape index (κ3) is 3.09. The van der Waals surface area contributed by atoms with Gasteiger partial charge >= 0.3 is 5.97 Å². The molecule has 0 spiro atoms. The third-order valence-corrected chi connectivity index (χ3v) is 3.90. The Balaban J connectivity index is 2.61. The van der Waals surface area contributed by atoms with Gasteiger partial charge in [-0.2, -0.15) is 0 Å². The van der Waals surface area contributed by atoms with Gasteiger partial charge in [0.15, 0.2) is 0 Å². The molecule has 0 aliphatic heterocycles. The van der Waals surface area contributed by atoms with Crippen molar-refractivity contribution in [1.29, 1.82) is 0 Å². The number of alkyl halides is 1. The molecule has 0 aromatic rings. The summed E-state index contributed by atoms with van der Waals surface area (Å²) in [4.78, 5) is 10.7. The SMILES string of the molecule is NCC1(CC(=O)O)CCCC([131I])C1. The molecule has 0 bridgehead atoms. The van der Waals surface area contributed by atoms with Crippen LogP contribution in [0.5, 0.6) is 0 Å². The molecule has 1 aliphatic rings. The lowest BCUT2D eigenvalue weighted by Crippen LogP contribution is -2.38. The highest BCUT2D eigenvalue weighted by Crippen LogP contribution is 2.41. The van der Waals surface area contributed by atoms with Gasteiger partial charge in [-0.15, -0.1) is 0 Å². The Labute approximate surface area is 92.2 Å². The first-order valence-electron chi connectivity index (χ1n) is 4.64. The molecule has 2 unspecified atom stereocenters. The molecular weight excluding hydrogens is 285 g/mol. The molecule has 0 amide bonds. The van der Waals surface area contributed by atoms with Crippen LogP contribution in [0.4, 0.5) is 0 Å². The van der Waals surface area contributed by atoms with Crippen molar-refractivity contribution in [3.63, 3.8) is 0 Å². The Morgan fingerprint density at radius 3 is 2.85 bits per heavy atom. The van der Waals surface area contributed by atoms with Crippen LogP contribution in [0.2, 0.25) is 0 Å². The van der Waals surface area contributed by atoms with Crippen molar-refractivity contribution in [3.05, 3.63) is 0 Å². The van der Waals surface area contributed by atoms with Gasteiger partial charge in [-0.05, 0) is 31.2 Å². The van der Waals surface area contributed by atoms with Crippen LogP contribution in [0.1, 0.15) is 32.1 Å². The lowest BCUT2D eigenvalue weighted by atomic mass is 9.72. The van der Waals surface area contributed by atoms with E-state index in [1.165, 1.54) is 6.42 Å². The number of aliphatic carboxylic acids is 1. The number of hydrogen-bond acceptors (Lipinski definition) is 2. The molecule has 3 N–H and O–H groups in total. The van der Waals surface area contributed by atoms with E-state index in [0.29, 0.717) is 10.5 Å². The quantitative estimate of drug-likeness (QED) is 0.617. The van der Waals surface area contributed by atoms with Gasteiger partial charge in [0.1, 0.15) is 0 Å². The summed E-state index contributed by atoms with van der Waals surface area (Å²) in [7, 11) is 0. The van der Waals surface area contributed by atoms with E-state index in [0.717, 1.165) is 19.3 Å². The summed E-state index contributed by atoms with van der Waals surface area (Å²) in [5.41, 5.74) is 5.57. The molecule has 2 atom stereocenters. The third-order valence-electron chi connectivity index (χ3n) is 2.84. The summed E-state index contributed by atoms with van der Waals surface area (Å²) in [6.45, 7) is 0.513. The Morgan fingerprint density at radius 2 is 2.38 bits per heavy atom. The highest BCUT2D eigenvalue weighted by atomic mass is 131. The molecule has 4 heteroatoms. The molecule has 0 heterocycles. The maximum absolute atomic E-state index is 10.7. The molecule has 1 aliphatic carbocycles. The van der Waals surface area contributed by atoms with E-state index in [2.05, 4.69) is 22.6 Å². The van der Waals surface area contributed by atoms with Gasteiger partial charge < -0.3 is 10.8 Å². The van der Waals surface area contributed by atoms with Crippen LogP contribution >= 0.6 is 22.6 Å². The number of carbonyl (C=O) groups is 1. The van der Waals surface area contributed by atoms with Crippen molar-refractivity contribution < 1.29 is 9.90 Å². The van der Waals surface area contributed by atoms with Gasteiger partial charge in [0, 0.05) is 3.92 Å². The van der Waals surface area contributed by atoms with Crippen molar-refractivity contribution in [3.8, 4) is 0 Å². The van der Waals surface area contributed by atoms with E-state index in [1.54, 1.807) is 0 Å². The molecule has 0 aromatic heterocycles. The van der Waals surface area contributed by atoms with Crippen LogP contribution in [0.25, 0.3) is 0 Å². The van der Waals surface area contributed by atoms with Crippen molar-refractivity contribution in [2.45, 2.75) is 36.0 Å². The van der Waals surface area contributed by atoms with E-state index >= 15 is 0 Å². The summed E-state index contributed by atoms with van der Waals surface area (Å²) >= 11 is 2.40. The number of halogens is 1. The summed E-state index contributed by atoms with van der Waals surface area (Å²) in [6, 6.07) is 0. The first-order chi connectivity index (χ1) is 6.08. The van der Waals surface area contributed by atoms with Gasteiger partial charge in [0.05, 0.1) is 6.42 Å². The molecular formula is C9H16INO2. The zero-order chi connectivity index (χ0) is 9.90. The molecule has 13 heavy (non-hydrogen) atoms. The van der Waals surface area contributed by atoms with Gasteiger partial charge in [0.25, 0.3) is 0 Å². The number of hydrogen-bond donors (Lipinski definition) is 2. The summed E-state index contributed by atoms with van der Waals surface area (Å²) < 4.78 is 0.606. The van der Waals surface area contributed by atoms with Crippen LogP contribution in [0.3, 0.4) is 0 Å². The fourth-order valence-electron chi connectivity index (χ4n) is 2.11. The smallest absolute Gasteiger partial charge is 0.303 e. The number of carboxylic acids is 1. The number of carboxylic acid groups (broad SMARTS) is 1. The minimum atomic E-state index is -0.712. The van der Waals surface area contributed by atoms with Gasteiger partial charge in [-0.3, -0.25) is 4.79 Å². The lowest BCUT2D eigenvalue weighted by molar-refractivity contribution is -0.140. The maximum atomic E-state index is 10.7. The minimum Gasteiger partial charge on any atom is -0.481 e. The van der Waals surface area contributed by atoms with Gasteiger partial charge in [-0.1, -0.05) is 29.0 Å². The summed E-state index contributed by atoms with van der Waals surface area (Å²) in [6.07, 6.45) is 4.52. The average molecular weight is 301 g/mol. The molecule has 0 radical (unpaired) electrons. The molecule has 1 rings (SSSR count). The fourth-order valence-corrected chi connectivity index (χ4v) is 3.49. The van der Waals surface area contributed by atoms with E-state index in [9.17, 15) is 4.79 Å². The zero-order valence-electron chi connectivity index (χ0n) is 7.63. The second kappa shape index (κ2) is 4.59. The monoisotopic (exact) mass is 301 g/mol. The van der Waals surface area contributed by atoms with Crippen molar-refractivity contribution in [2.24, 2.45) is 11.1 Å². The van der Waals surface area contributed by atoms with Crippen LogP contribution < -0.4 is 5.73 Å². The highest BCUT2D eigenvalue weighted by molar-refractivity contribution is 14.1. The van der Waals surface area contributed by atoms with Gasteiger partial charge in [-0.25, -0.2) is 0 Å². The molecule has 0 saturated heterocycles. The predicted octanol–water partition coefficient (Wildman–Crippen LogP) is 1.78. The van der Waals surface area contributed by atoms with E-state index in [-0.39, 0.29) is 11.8 Å². The van der Waals surface area contributed by atoms with Crippen molar-refractivity contribution in [2.75, 3.05) is 6.54 Å². The second-order valence-electron chi connectivity index (χ2n) is 3.97. The standard InChI is InChI=1S/C9H16INO2/c10-7-2-1-3-9(4-7,6-11)5-8(12)13/h7H,1-6,11H2,(H,12,13)/i10+4. The number of nitrogens with two attached hydrogens (primary N) is 1. The van der Waals surface area contributed by atoms with Gasteiger partial charge in [0.2, 0.25) is 0 Å². The summed E-state index contributed by atoms with van der Waals surface area (Å²) in [5, 5.41) is 8.79.